The number of nitrogens with zero attached hydrogens (tertiary/aromatic N) is 1. The van der Waals surface area contributed by atoms with Gasteiger partial charge in [-0.25, -0.2) is 0 Å². The smallest absolute Gasteiger partial charge is 0.0642 e. The molecule has 90 valence electrons. The summed E-state index contributed by atoms with van der Waals surface area (Å²) in [4.78, 5) is 2.22. The molecule has 0 unspecified atom stereocenters. The Balaban J connectivity index is 2.71. The van der Waals surface area contributed by atoms with Crippen LogP contribution in [0.4, 0.5) is 5.69 Å². The highest BCUT2D eigenvalue weighted by Crippen LogP contribution is 2.27. The zero-order valence-corrected chi connectivity index (χ0v) is 12.5. The largest absolute Gasteiger partial charge is 0.373 e. The van der Waals surface area contributed by atoms with E-state index < -0.39 is 0 Å². The SMILES string of the molecule is CC(C)CCN(C)c1ccc(CBr)cc1Cl. The maximum atomic E-state index is 6.26. The molecule has 0 amide bonds. The van der Waals surface area contributed by atoms with E-state index in [1.807, 2.05) is 6.07 Å². The van der Waals surface area contributed by atoms with E-state index in [1.54, 1.807) is 0 Å². The van der Waals surface area contributed by atoms with E-state index in [0.717, 1.165) is 28.5 Å². The van der Waals surface area contributed by atoms with Gasteiger partial charge in [0.1, 0.15) is 0 Å². The van der Waals surface area contributed by atoms with E-state index in [2.05, 4.69) is 53.9 Å². The maximum Gasteiger partial charge on any atom is 0.0642 e. The number of halogens is 2. The molecule has 1 nitrogen and oxygen atoms in total. The molecule has 1 rings (SSSR count). The van der Waals surface area contributed by atoms with Crippen LogP contribution < -0.4 is 4.90 Å². The lowest BCUT2D eigenvalue weighted by Gasteiger charge is -2.21. The second-order valence-electron chi connectivity index (χ2n) is 4.52. The predicted octanol–water partition coefficient (Wildman–Crippen LogP) is 4.72. The standard InChI is InChI=1S/C13H19BrClN/c1-10(2)6-7-16(3)13-5-4-11(9-14)8-12(13)15/h4-5,8,10H,6-7,9H2,1-3H3. The van der Waals surface area contributed by atoms with E-state index in [-0.39, 0.29) is 0 Å². The highest BCUT2D eigenvalue weighted by molar-refractivity contribution is 9.08. The lowest BCUT2D eigenvalue weighted by molar-refractivity contribution is 0.585. The highest BCUT2D eigenvalue weighted by Gasteiger charge is 2.07. The first-order valence-electron chi connectivity index (χ1n) is 5.60. The third kappa shape index (κ3) is 3.99. The van der Waals surface area contributed by atoms with Crippen LogP contribution in [0.3, 0.4) is 0 Å². The summed E-state index contributed by atoms with van der Waals surface area (Å²) in [7, 11) is 2.09. The Bertz CT molecular complexity index is 339. The van der Waals surface area contributed by atoms with E-state index in [0.29, 0.717) is 0 Å². The summed E-state index contributed by atoms with van der Waals surface area (Å²) in [5.74, 6) is 0.725. The van der Waals surface area contributed by atoms with Gasteiger partial charge < -0.3 is 4.90 Å². The number of anilines is 1. The molecule has 0 heterocycles. The summed E-state index contributed by atoms with van der Waals surface area (Å²) in [6.07, 6.45) is 1.19. The van der Waals surface area contributed by atoms with Gasteiger partial charge in [0.25, 0.3) is 0 Å². The van der Waals surface area contributed by atoms with Crippen molar-refractivity contribution in [3.63, 3.8) is 0 Å². The molecule has 1 aromatic rings. The molecule has 0 aliphatic heterocycles. The topological polar surface area (TPSA) is 3.24 Å². The summed E-state index contributed by atoms with van der Waals surface area (Å²) in [5, 5.41) is 1.69. The van der Waals surface area contributed by atoms with Gasteiger partial charge in [-0.2, -0.15) is 0 Å². The van der Waals surface area contributed by atoms with Crippen molar-refractivity contribution >= 4 is 33.2 Å². The first-order chi connectivity index (χ1) is 7.54. The van der Waals surface area contributed by atoms with Crippen LogP contribution in [-0.4, -0.2) is 13.6 Å². The summed E-state index contributed by atoms with van der Waals surface area (Å²) in [6.45, 7) is 5.53. The summed E-state index contributed by atoms with van der Waals surface area (Å²) in [5.41, 5.74) is 2.33. The fourth-order valence-corrected chi connectivity index (χ4v) is 2.21. The van der Waals surface area contributed by atoms with E-state index in [9.17, 15) is 0 Å². The van der Waals surface area contributed by atoms with Gasteiger partial charge in [0.05, 0.1) is 10.7 Å². The molecule has 0 fully saturated rings. The summed E-state index contributed by atoms with van der Waals surface area (Å²) >= 11 is 9.69. The van der Waals surface area contributed by atoms with Gasteiger partial charge in [0.2, 0.25) is 0 Å². The van der Waals surface area contributed by atoms with E-state index in [1.165, 1.54) is 12.0 Å². The van der Waals surface area contributed by atoms with Crippen LogP contribution in [0.25, 0.3) is 0 Å². The number of hydrogen-bond acceptors (Lipinski definition) is 1. The van der Waals surface area contributed by atoms with Crippen molar-refractivity contribution in [2.75, 3.05) is 18.5 Å². The predicted molar refractivity (Wildman–Crippen MR) is 76.8 cm³/mol. The Hall–Kier alpha value is -0.210. The van der Waals surface area contributed by atoms with Crippen molar-refractivity contribution in [3.8, 4) is 0 Å². The number of benzene rings is 1. The van der Waals surface area contributed by atoms with Crippen LogP contribution in [0, 0.1) is 5.92 Å². The lowest BCUT2D eigenvalue weighted by Crippen LogP contribution is -2.20. The van der Waals surface area contributed by atoms with Crippen LogP contribution >= 0.6 is 27.5 Å². The third-order valence-electron chi connectivity index (χ3n) is 2.62. The van der Waals surface area contributed by atoms with Crippen LogP contribution in [0.5, 0.6) is 0 Å². The molecule has 0 aliphatic rings. The maximum absolute atomic E-state index is 6.26. The molecule has 1 aromatic carbocycles. The van der Waals surface area contributed by atoms with Crippen molar-refractivity contribution in [1.29, 1.82) is 0 Å². The minimum atomic E-state index is 0.725. The molecule has 0 bridgehead atoms. The Labute approximate surface area is 112 Å². The average molecular weight is 305 g/mol. The molecular formula is C13H19BrClN. The molecular weight excluding hydrogens is 286 g/mol. The third-order valence-corrected chi connectivity index (χ3v) is 3.57. The number of rotatable bonds is 5. The average Bonchev–Trinajstić information content (AvgIpc) is 2.25. The van der Waals surface area contributed by atoms with E-state index in [4.69, 9.17) is 11.6 Å². The van der Waals surface area contributed by atoms with Gasteiger partial charge in [0.15, 0.2) is 0 Å². The first kappa shape index (κ1) is 13.9. The Kier molecular flexibility index (Phi) is 5.63. The number of alkyl halides is 1. The quantitative estimate of drug-likeness (QED) is 0.712. The van der Waals surface area contributed by atoms with Crippen LogP contribution in [0.1, 0.15) is 25.8 Å². The zero-order chi connectivity index (χ0) is 12.1. The zero-order valence-electron chi connectivity index (χ0n) is 10.1. The van der Waals surface area contributed by atoms with Crippen LogP contribution in [-0.2, 0) is 5.33 Å². The lowest BCUT2D eigenvalue weighted by atomic mass is 10.1. The molecule has 16 heavy (non-hydrogen) atoms. The van der Waals surface area contributed by atoms with Gasteiger partial charge in [-0.1, -0.05) is 47.4 Å². The molecule has 0 spiro atoms. The van der Waals surface area contributed by atoms with Crippen molar-refractivity contribution in [1.82, 2.24) is 0 Å². The Morgan fingerprint density at radius 3 is 2.56 bits per heavy atom. The van der Waals surface area contributed by atoms with Crippen molar-refractivity contribution < 1.29 is 0 Å². The van der Waals surface area contributed by atoms with Crippen LogP contribution in [0.15, 0.2) is 18.2 Å². The second kappa shape index (κ2) is 6.51. The first-order valence-corrected chi connectivity index (χ1v) is 7.10. The van der Waals surface area contributed by atoms with Gasteiger partial charge in [0, 0.05) is 18.9 Å². The molecule has 0 N–H and O–H groups in total. The van der Waals surface area contributed by atoms with E-state index >= 15 is 0 Å². The van der Waals surface area contributed by atoms with Crippen molar-refractivity contribution in [2.45, 2.75) is 25.6 Å². The van der Waals surface area contributed by atoms with Crippen molar-refractivity contribution in [3.05, 3.63) is 28.8 Å². The fraction of sp³-hybridized carbons (Fsp3) is 0.538. The van der Waals surface area contributed by atoms with Gasteiger partial charge in [-0.15, -0.1) is 0 Å². The number of hydrogen-bond donors (Lipinski definition) is 0. The normalized spacial score (nSPS) is 10.9. The second-order valence-corrected chi connectivity index (χ2v) is 5.49. The fourth-order valence-electron chi connectivity index (χ4n) is 1.52. The molecule has 0 atom stereocenters. The molecule has 3 heteroatoms. The minimum absolute atomic E-state index is 0.725. The van der Waals surface area contributed by atoms with Gasteiger partial charge >= 0.3 is 0 Å². The van der Waals surface area contributed by atoms with Gasteiger partial charge in [-0.05, 0) is 30.0 Å². The molecule has 0 saturated carbocycles. The highest BCUT2D eigenvalue weighted by atomic mass is 79.9. The van der Waals surface area contributed by atoms with Gasteiger partial charge in [-0.3, -0.25) is 0 Å². The molecule has 0 saturated heterocycles. The molecule has 0 aromatic heterocycles. The summed E-state index contributed by atoms with van der Waals surface area (Å²) in [6, 6.07) is 6.23. The monoisotopic (exact) mass is 303 g/mol. The Morgan fingerprint density at radius 1 is 1.38 bits per heavy atom. The van der Waals surface area contributed by atoms with Crippen LogP contribution in [0.2, 0.25) is 5.02 Å². The minimum Gasteiger partial charge on any atom is -0.373 e. The Morgan fingerprint density at radius 2 is 2.06 bits per heavy atom. The molecule has 0 radical (unpaired) electrons. The summed E-state index contributed by atoms with van der Waals surface area (Å²) < 4.78 is 0. The molecule has 0 aliphatic carbocycles. The van der Waals surface area contributed by atoms with Crippen molar-refractivity contribution in [2.24, 2.45) is 5.92 Å².